The predicted molar refractivity (Wildman–Crippen MR) is 89.0 cm³/mol. The monoisotopic (exact) mass is 351 g/mol. The van der Waals surface area contributed by atoms with Gasteiger partial charge in [0, 0.05) is 17.6 Å². The van der Waals surface area contributed by atoms with E-state index in [1.165, 1.54) is 36.5 Å². The van der Waals surface area contributed by atoms with Crippen LogP contribution in [0.4, 0.5) is 10.1 Å². The molecule has 4 rings (SSSR count). The average molecular weight is 351 g/mol. The van der Waals surface area contributed by atoms with Gasteiger partial charge in [0.15, 0.2) is 0 Å². The van der Waals surface area contributed by atoms with Crippen LogP contribution in [0, 0.1) is 15.9 Å². The predicted octanol–water partition coefficient (Wildman–Crippen LogP) is 3.08. The third kappa shape index (κ3) is 2.23. The van der Waals surface area contributed by atoms with E-state index in [4.69, 9.17) is 0 Å². The highest BCUT2D eigenvalue weighted by atomic mass is 19.1. The van der Waals surface area contributed by atoms with E-state index in [1.807, 2.05) is 0 Å². The van der Waals surface area contributed by atoms with E-state index in [1.54, 1.807) is 12.1 Å². The first-order valence-electron chi connectivity index (χ1n) is 7.64. The number of nitrogens with zero attached hydrogens (tertiary/aromatic N) is 3. The summed E-state index contributed by atoms with van der Waals surface area (Å²) in [6.07, 6.45) is 1.48. The minimum Gasteiger partial charge on any atom is -0.270 e. The molecule has 7 nitrogen and oxygen atoms in total. The Morgan fingerprint density at radius 3 is 2.65 bits per heavy atom. The first kappa shape index (κ1) is 15.8. The summed E-state index contributed by atoms with van der Waals surface area (Å²) in [5, 5.41) is 11.4. The van der Waals surface area contributed by atoms with Crippen LogP contribution in [0.1, 0.15) is 26.3 Å². The number of nitro benzene ring substituents is 1. The zero-order chi connectivity index (χ0) is 18.4. The Balaban J connectivity index is 1.79. The third-order valence-corrected chi connectivity index (χ3v) is 4.30. The van der Waals surface area contributed by atoms with E-state index >= 15 is 0 Å². The van der Waals surface area contributed by atoms with Gasteiger partial charge < -0.3 is 0 Å². The first-order valence-corrected chi connectivity index (χ1v) is 7.64. The maximum atomic E-state index is 13.9. The van der Waals surface area contributed by atoms with Gasteiger partial charge in [0.05, 0.1) is 22.5 Å². The molecule has 8 heteroatoms. The molecular weight excluding hydrogens is 341 g/mol. The molecule has 0 atom stereocenters. The number of aromatic nitrogens is 1. The lowest BCUT2D eigenvalue weighted by Crippen LogP contribution is -2.29. The molecule has 26 heavy (non-hydrogen) atoms. The number of amides is 2. The Morgan fingerprint density at radius 2 is 1.88 bits per heavy atom. The van der Waals surface area contributed by atoms with E-state index in [0.29, 0.717) is 11.1 Å². The van der Waals surface area contributed by atoms with E-state index in [9.17, 15) is 24.1 Å². The number of carbonyl (C=O) groups excluding carboxylic acids is 2. The summed E-state index contributed by atoms with van der Waals surface area (Å²) in [6.45, 7) is -0.155. The number of hydrogen-bond donors (Lipinski definition) is 0. The van der Waals surface area contributed by atoms with Gasteiger partial charge in [-0.15, -0.1) is 0 Å². The SMILES string of the molecule is O=C1c2cccc([N+](=O)[O-])c2C(=O)N1Cc1ccc(F)c2cccnc12. The highest BCUT2D eigenvalue weighted by molar-refractivity contribution is 6.23. The molecule has 128 valence electrons. The fraction of sp³-hybridized carbons (Fsp3) is 0.0556. The second-order valence-corrected chi connectivity index (χ2v) is 5.76. The highest BCUT2D eigenvalue weighted by Gasteiger charge is 2.41. The van der Waals surface area contributed by atoms with Crippen LogP contribution >= 0.6 is 0 Å². The molecule has 0 aliphatic carbocycles. The number of pyridine rings is 1. The normalized spacial score (nSPS) is 13.3. The van der Waals surface area contributed by atoms with Crippen molar-refractivity contribution >= 4 is 28.4 Å². The summed E-state index contributed by atoms with van der Waals surface area (Å²) in [5.74, 6) is -1.83. The summed E-state index contributed by atoms with van der Waals surface area (Å²) in [5.41, 5.74) is 0.161. The van der Waals surface area contributed by atoms with E-state index in [0.717, 1.165) is 4.90 Å². The van der Waals surface area contributed by atoms with Gasteiger partial charge in [0.2, 0.25) is 0 Å². The molecular formula is C18H10FN3O4. The largest absolute Gasteiger partial charge is 0.282 e. The summed E-state index contributed by atoms with van der Waals surface area (Å²) in [7, 11) is 0. The maximum Gasteiger partial charge on any atom is 0.282 e. The van der Waals surface area contributed by atoms with Gasteiger partial charge >= 0.3 is 0 Å². The van der Waals surface area contributed by atoms with Gasteiger partial charge in [-0.1, -0.05) is 12.1 Å². The van der Waals surface area contributed by atoms with Crippen LogP contribution < -0.4 is 0 Å². The van der Waals surface area contributed by atoms with Crippen LogP contribution in [0.25, 0.3) is 10.9 Å². The number of nitro groups is 1. The lowest BCUT2D eigenvalue weighted by molar-refractivity contribution is -0.385. The van der Waals surface area contributed by atoms with Crippen molar-refractivity contribution in [2.45, 2.75) is 6.54 Å². The first-order chi connectivity index (χ1) is 12.5. The topological polar surface area (TPSA) is 93.4 Å². The van der Waals surface area contributed by atoms with Crippen LogP contribution in [0.3, 0.4) is 0 Å². The zero-order valence-electron chi connectivity index (χ0n) is 13.2. The Morgan fingerprint density at radius 1 is 1.08 bits per heavy atom. The van der Waals surface area contributed by atoms with Crippen molar-refractivity contribution in [2.24, 2.45) is 0 Å². The molecule has 0 radical (unpaired) electrons. The molecule has 0 saturated heterocycles. The number of imide groups is 1. The number of rotatable bonds is 3. The number of hydrogen-bond acceptors (Lipinski definition) is 5. The average Bonchev–Trinajstić information content (AvgIpc) is 2.89. The van der Waals surface area contributed by atoms with Crippen molar-refractivity contribution in [3.8, 4) is 0 Å². The Hall–Kier alpha value is -3.68. The standard InChI is InChI=1S/C18H10FN3O4/c19-13-7-6-10(16-11(13)4-2-8-20-16)9-21-17(23)12-3-1-5-14(22(25)26)15(12)18(21)24/h1-8H,9H2. The maximum absolute atomic E-state index is 13.9. The number of halogens is 1. The van der Waals surface area contributed by atoms with Gasteiger partial charge in [-0.3, -0.25) is 29.6 Å². The van der Waals surface area contributed by atoms with Crippen molar-refractivity contribution in [2.75, 3.05) is 0 Å². The van der Waals surface area contributed by atoms with E-state index in [-0.39, 0.29) is 23.1 Å². The number of fused-ring (bicyclic) bond motifs is 2. The Labute approximate surface area is 145 Å². The van der Waals surface area contributed by atoms with Crippen molar-refractivity contribution in [3.63, 3.8) is 0 Å². The van der Waals surface area contributed by atoms with Crippen molar-refractivity contribution in [3.05, 3.63) is 81.3 Å². The van der Waals surface area contributed by atoms with Crippen molar-refractivity contribution < 1.29 is 18.9 Å². The molecule has 0 N–H and O–H groups in total. The van der Waals surface area contributed by atoms with Gasteiger partial charge in [-0.2, -0.15) is 0 Å². The Kier molecular flexibility index (Phi) is 3.47. The van der Waals surface area contributed by atoms with E-state index < -0.39 is 28.2 Å². The summed E-state index contributed by atoms with van der Waals surface area (Å²) in [4.78, 5) is 40.7. The fourth-order valence-corrected chi connectivity index (χ4v) is 3.11. The fourth-order valence-electron chi connectivity index (χ4n) is 3.11. The number of carbonyl (C=O) groups is 2. The van der Waals surface area contributed by atoms with Crippen LogP contribution in [-0.4, -0.2) is 26.6 Å². The molecule has 1 aliphatic rings. The molecule has 2 amide bonds. The van der Waals surface area contributed by atoms with Gasteiger partial charge in [-0.05, 0) is 29.8 Å². The van der Waals surface area contributed by atoms with Crippen molar-refractivity contribution in [1.29, 1.82) is 0 Å². The smallest absolute Gasteiger partial charge is 0.270 e. The molecule has 0 fully saturated rings. The van der Waals surface area contributed by atoms with Crippen LogP contribution in [0.5, 0.6) is 0 Å². The number of benzene rings is 2. The lowest BCUT2D eigenvalue weighted by Gasteiger charge is -2.15. The summed E-state index contributed by atoms with van der Waals surface area (Å²) in [6, 6.07) is 9.74. The molecule has 0 spiro atoms. The summed E-state index contributed by atoms with van der Waals surface area (Å²) >= 11 is 0. The second kappa shape index (κ2) is 5.69. The molecule has 0 bridgehead atoms. The zero-order valence-corrected chi connectivity index (χ0v) is 13.2. The molecule has 2 aromatic carbocycles. The van der Waals surface area contributed by atoms with Crippen LogP contribution in [0.15, 0.2) is 48.7 Å². The van der Waals surface area contributed by atoms with Crippen LogP contribution in [-0.2, 0) is 6.54 Å². The minimum absolute atomic E-state index is 0.0106. The van der Waals surface area contributed by atoms with E-state index in [2.05, 4.69) is 4.98 Å². The lowest BCUT2D eigenvalue weighted by atomic mass is 10.1. The van der Waals surface area contributed by atoms with Gasteiger partial charge in [0.1, 0.15) is 11.4 Å². The Bertz CT molecular complexity index is 1110. The van der Waals surface area contributed by atoms with Crippen LogP contribution in [0.2, 0.25) is 0 Å². The molecule has 2 heterocycles. The molecule has 1 aliphatic heterocycles. The molecule has 0 unspecified atom stereocenters. The third-order valence-electron chi connectivity index (χ3n) is 4.30. The molecule has 3 aromatic rings. The quantitative estimate of drug-likeness (QED) is 0.411. The minimum atomic E-state index is -0.745. The summed E-state index contributed by atoms with van der Waals surface area (Å²) < 4.78 is 13.9. The van der Waals surface area contributed by atoms with Gasteiger partial charge in [-0.25, -0.2) is 4.39 Å². The van der Waals surface area contributed by atoms with Gasteiger partial charge in [0.25, 0.3) is 17.5 Å². The highest BCUT2D eigenvalue weighted by Crippen LogP contribution is 2.32. The molecule has 0 saturated carbocycles. The van der Waals surface area contributed by atoms with Crippen molar-refractivity contribution in [1.82, 2.24) is 9.88 Å². The second-order valence-electron chi connectivity index (χ2n) is 5.76. The molecule has 1 aromatic heterocycles.